The van der Waals surface area contributed by atoms with Crippen LogP contribution in [0, 0.1) is 0 Å². The summed E-state index contributed by atoms with van der Waals surface area (Å²) in [5.74, 6) is 0.0475. The smallest absolute Gasteiger partial charge is 0.243 e. The van der Waals surface area contributed by atoms with Crippen molar-refractivity contribution in [2.45, 2.75) is 31.8 Å². The van der Waals surface area contributed by atoms with Crippen molar-refractivity contribution >= 4 is 32.7 Å². The second-order valence-corrected chi connectivity index (χ2v) is 7.74. The van der Waals surface area contributed by atoms with Crippen molar-refractivity contribution in [2.24, 2.45) is 0 Å². The maximum absolute atomic E-state index is 12.8. The summed E-state index contributed by atoms with van der Waals surface area (Å²) in [6.07, 6.45) is 4.07. The van der Waals surface area contributed by atoms with E-state index < -0.39 is 0 Å². The molecule has 1 aliphatic heterocycles. The SMILES string of the molecule is COCCc1ncnc2nc(N3CCC[C@@H]3C(=O)NCc3ccccc3)sc12. The summed E-state index contributed by atoms with van der Waals surface area (Å²) in [7, 11) is 1.68. The van der Waals surface area contributed by atoms with Gasteiger partial charge in [0.2, 0.25) is 5.91 Å². The number of methoxy groups -OCH3 is 1. The molecule has 2 aromatic heterocycles. The molecule has 0 spiro atoms. The van der Waals surface area contributed by atoms with Crippen molar-refractivity contribution in [3.05, 3.63) is 47.9 Å². The average Bonchev–Trinajstić information content (AvgIpc) is 3.38. The van der Waals surface area contributed by atoms with Crippen molar-refractivity contribution in [1.29, 1.82) is 0 Å². The minimum Gasteiger partial charge on any atom is -0.384 e. The number of rotatable bonds is 7. The largest absolute Gasteiger partial charge is 0.384 e. The van der Waals surface area contributed by atoms with Crippen LogP contribution in [0.25, 0.3) is 10.3 Å². The molecule has 7 nitrogen and oxygen atoms in total. The molecule has 28 heavy (non-hydrogen) atoms. The van der Waals surface area contributed by atoms with Crippen molar-refractivity contribution in [3.8, 4) is 0 Å². The van der Waals surface area contributed by atoms with E-state index in [4.69, 9.17) is 4.74 Å². The number of nitrogens with zero attached hydrogens (tertiary/aromatic N) is 4. The highest BCUT2D eigenvalue weighted by Gasteiger charge is 2.33. The van der Waals surface area contributed by atoms with Gasteiger partial charge in [0.1, 0.15) is 12.4 Å². The van der Waals surface area contributed by atoms with Crippen LogP contribution >= 0.6 is 11.3 Å². The molecule has 1 N–H and O–H groups in total. The summed E-state index contributed by atoms with van der Waals surface area (Å²) >= 11 is 1.56. The lowest BCUT2D eigenvalue weighted by Crippen LogP contribution is -2.43. The van der Waals surface area contributed by atoms with E-state index in [0.717, 1.165) is 46.9 Å². The van der Waals surface area contributed by atoms with Gasteiger partial charge < -0.3 is 15.0 Å². The molecule has 1 aliphatic rings. The van der Waals surface area contributed by atoms with E-state index in [-0.39, 0.29) is 11.9 Å². The third kappa shape index (κ3) is 3.98. The van der Waals surface area contributed by atoms with Crippen LogP contribution in [0.5, 0.6) is 0 Å². The normalized spacial score (nSPS) is 16.6. The molecule has 8 heteroatoms. The van der Waals surface area contributed by atoms with Crippen LogP contribution in [-0.2, 0) is 22.5 Å². The minimum atomic E-state index is -0.195. The zero-order valence-corrected chi connectivity index (χ0v) is 16.6. The van der Waals surface area contributed by atoms with Gasteiger partial charge in [0.15, 0.2) is 10.8 Å². The highest BCUT2D eigenvalue weighted by atomic mass is 32.1. The Labute approximate surface area is 167 Å². The fourth-order valence-electron chi connectivity index (χ4n) is 3.46. The molecule has 3 heterocycles. The summed E-state index contributed by atoms with van der Waals surface area (Å²) in [4.78, 5) is 28.3. The summed E-state index contributed by atoms with van der Waals surface area (Å²) in [6, 6.07) is 9.76. The third-order valence-electron chi connectivity index (χ3n) is 4.91. The summed E-state index contributed by atoms with van der Waals surface area (Å²) in [6.45, 7) is 1.97. The van der Waals surface area contributed by atoms with Gasteiger partial charge in [-0.05, 0) is 18.4 Å². The number of anilines is 1. The fraction of sp³-hybridized carbons (Fsp3) is 0.400. The summed E-state index contributed by atoms with van der Waals surface area (Å²) < 4.78 is 6.15. The molecule has 1 fully saturated rings. The van der Waals surface area contributed by atoms with Gasteiger partial charge in [-0.2, -0.15) is 4.98 Å². The molecule has 1 atom stereocenters. The predicted octanol–water partition coefficient (Wildman–Crippen LogP) is 2.56. The Morgan fingerprint density at radius 1 is 1.32 bits per heavy atom. The van der Waals surface area contributed by atoms with Gasteiger partial charge in [-0.15, -0.1) is 0 Å². The van der Waals surface area contributed by atoms with Gasteiger partial charge in [0, 0.05) is 26.6 Å². The van der Waals surface area contributed by atoms with Crippen molar-refractivity contribution in [3.63, 3.8) is 0 Å². The first kappa shape index (κ1) is 18.8. The number of carbonyl (C=O) groups excluding carboxylic acids is 1. The fourth-order valence-corrected chi connectivity index (χ4v) is 4.57. The Hall–Kier alpha value is -2.58. The Kier molecular flexibility index (Phi) is 5.78. The molecule has 1 amide bonds. The molecule has 0 unspecified atom stereocenters. The Morgan fingerprint density at radius 3 is 3.00 bits per heavy atom. The van der Waals surface area contributed by atoms with E-state index in [1.807, 2.05) is 30.3 Å². The van der Waals surface area contributed by atoms with Crippen molar-refractivity contribution in [2.75, 3.05) is 25.2 Å². The zero-order valence-electron chi connectivity index (χ0n) is 15.8. The van der Waals surface area contributed by atoms with Crippen LogP contribution in [0.2, 0.25) is 0 Å². The first-order valence-electron chi connectivity index (χ1n) is 9.44. The molecule has 1 saturated heterocycles. The Bertz CT molecular complexity index is 946. The topological polar surface area (TPSA) is 80.2 Å². The van der Waals surface area contributed by atoms with Gasteiger partial charge in [-0.3, -0.25) is 4.79 Å². The number of thiazole rings is 1. The number of benzene rings is 1. The van der Waals surface area contributed by atoms with E-state index in [9.17, 15) is 4.79 Å². The van der Waals surface area contributed by atoms with Crippen LogP contribution in [0.1, 0.15) is 24.1 Å². The number of carbonyl (C=O) groups is 1. The van der Waals surface area contributed by atoms with Gasteiger partial charge in [-0.25, -0.2) is 9.97 Å². The number of fused-ring (bicyclic) bond motifs is 1. The highest BCUT2D eigenvalue weighted by Crippen LogP contribution is 2.34. The maximum atomic E-state index is 12.8. The second kappa shape index (κ2) is 8.62. The van der Waals surface area contributed by atoms with Crippen LogP contribution in [0.3, 0.4) is 0 Å². The van der Waals surface area contributed by atoms with Gasteiger partial charge in [0.05, 0.1) is 17.0 Å². The monoisotopic (exact) mass is 397 g/mol. The zero-order chi connectivity index (χ0) is 19.3. The Morgan fingerprint density at radius 2 is 2.18 bits per heavy atom. The first-order valence-corrected chi connectivity index (χ1v) is 10.3. The molecular weight excluding hydrogens is 374 g/mol. The number of ether oxygens (including phenoxy) is 1. The summed E-state index contributed by atoms with van der Waals surface area (Å²) in [5, 5.41) is 3.90. The predicted molar refractivity (Wildman–Crippen MR) is 109 cm³/mol. The van der Waals surface area contributed by atoms with Gasteiger partial charge in [0.25, 0.3) is 0 Å². The standard InChI is InChI=1S/C20H23N5O2S/c1-27-11-9-15-17-18(23-13-22-15)24-20(28-17)25-10-5-8-16(25)19(26)21-12-14-6-3-2-4-7-14/h2-4,6-7,13,16H,5,8-12H2,1H3,(H,21,26)/t16-/m1/s1. The molecule has 0 aliphatic carbocycles. The van der Waals surface area contributed by atoms with E-state index in [0.29, 0.717) is 18.8 Å². The van der Waals surface area contributed by atoms with Crippen LogP contribution in [0.15, 0.2) is 36.7 Å². The van der Waals surface area contributed by atoms with E-state index >= 15 is 0 Å². The van der Waals surface area contributed by atoms with E-state index in [2.05, 4.69) is 25.2 Å². The molecule has 0 radical (unpaired) electrons. The average molecular weight is 398 g/mol. The molecule has 4 rings (SSSR count). The highest BCUT2D eigenvalue weighted by molar-refractivity contribution is 7.22. The molecular formula is C20H23N5O2S. The molecule has 0 saturated carbocycles. The lowest BCUT2D eigenvalue weighted by molar-refractivity contribution is -0.122. The van der Waals surface area contributed by atoms with Crippen LogP contribution in [-0.4, -0.2) is 47.2 Å². The van der Waals surface area contributed by atoms with Crippen molar-refractivity contribution < 1.29 is 9.53 Å². The number of amides is 1. The number of aromatic nitrogens is 3. The van der Waals surface area contributed by atoms with Gasteiger partial charge in [-0.1, -0.05) is 41.7 Å². The van der Waals surface area contributed by atoms with E-state index in [1.165, 1.54) is 0 Å². The lowest BCUT2D eigenvalue weighted by Gasteiger charge is -2.23. The Balaban J connectivity index is 1.50. The van der Waals surface area contributed by atoms with Crippen LogP contribution in [0.4, 0.5) is 5.13 Å². The number of nitrogens with one attached hydrogen (secondary N) is 1. The number of hydrogen-bond acceptors (Lipinski definition) is 7. The van der Waals surface area contributed by atoms with Gasteiger partial charge >= 0.3 is 0 Å². The van der Waals surface area contributed by atoms with Crippen molar-refractivity contribution in [1.82, 2.24) is 20.3 Å². The molecule has 146 valence electrons. The molecule has 3 aromatic rings. The first-order chi connectivity index (χ1) is 13.8. The minimum absolute atomic E-state index is 0.0475. The maximum Gasteiger partial charge on any atom is 0.243 e. The second-order valence-electron chi connectivity index (χ2n) is 6.77. The quantitative estimate of drug-likeness (QED) is 0.660. The summed E-state index contributed by atoms with van der Waals surface area (Å²) in [5.41, 5.74) is 2.73. The lowest BCUT2D eigenvalue weighted by atomic mass is 10.2. The van der Waals surface area contributed by atoms with E-state index in [1.54, 1.807) is 24.8 Å². The molecule has 1 aromatic carbocycles. The molecule has 0 bridgehead atoms. The van der Waals surface area contributed by atoms with Crippen LogP contribution < -0.4 is 10.2 Å². The third-order valence-corrected chi connectivity index (χ3v) is 6.04. The number of hydrogen-bond donors (Lipinski definition) is 1.